The van der Waals surface area contributed by atoms with Gasteiger partial charge in [-0.05, 0) is 24.8 Å². The van der Waals surface area contributed by atoms with Gasteiger partial charge in [-0.1, -0.05) is 30.3 Å². The highest BCUT2D eigenvalue weighted by atomic mass is 32.2. The highest BCUT2D eigenvalue weighted by Gasteiger charge is 2.27. The van der Waals surface area contributed by atoms with Crippen LogP contribution in [0, 0.1) is 0 Å². The normalized spacial score (nSPS) is 17.6. The maximum atomic E-state index is 12.3. The Balaban J connectivity index is 1.85. The highest BCUT2D eigenvalue weighted by molar-refractivity contribution is 7.89. The molecule has 1 N–H and O–H groups in total. The number of piperidine rings is 1. The third-order valence-corrected chi connectivity index (χ3v) is 5.62. The number of rotatable bonds is 5. The smallest absolute Gasteiger partial charge is 0.217 e. The van der Waals surface area contributed by atoms with Crippen LogP contribution < -0.4 is 5.32 Å². The van der Waals surface area contributed by atoms with Crippen molar-refractivity contribution in [2.75, 3.05) is 18.8 Å². The molecule has 1 aromatic rings. The van der Waals surface area contributed by atoms with Crippen LogP contribution >= 0.6 is 0 Å². The van der Waals surface area contributed by atoms with Crippen LogP contribution in [0.4, 0.5) is 0 Å². The Morgan fingerprint density at radius 3 is 2.43 bits per heavy atom. The van der Waals surface area contributed by atoms with Gasteiger partial charge in [-0.15, -0.1) is 0 Å². The number of carbonyl (C=O) groups is 1. The molecule has 0 unspecified atom stereocenters. The van der Waals surface area contributed by atoms with Crippen molar-refractivity contribution < 1.29 is 13.2 Å². The quantitative estimate of drug-likeness (QED) is 0.887. The average Bonchev–Trinajstić information content (AvgIpc) is 2.46. The molecule has 1 aliphatic heterocycles. The van der Waals surface area contributed by atoms with Crippen molar-refractivity contribution in [1.29, 1.82) is 0 Å². The molecule has 0 saturated carbocycles. The molecule has 0 aliphatic carbocycles. The fourth-order valence-electron chi connectivity index (χ4n) is 2.59. The molecule has 2 rings (SSSR count). The van der Waals surface area contributed by atoms with E-state index in [1.807, 2.05) is 30.3 Å². The summed E-state index contributed by atoms with van der Waals surface area (Å²) in [6.45, 7) is 2.47. The number of hydrogen-bond acceptors (Lipinski definition) is 3. The summed E-state index contributed by atoms with van der Waals surface area (Å²) in [7, 11) is -3.21. The molecule has 0 radical (unpaired) electrons. The second-order valence-electron chi connectivity index (χ2n) is 5.43. The summed E-state index contributed by atoms with van der Waals surface area (Å²) in [5.74, 6) is 0.0855. The van der Waals surface area contributed by atoms with Crippen LogP contribution in [0.25, 0.3) is 0 Å². The van der Waals surface area contributed by atoms with E-state index in [1.54, 1.807) is 4.31 Å². The van der Waals surface area contributed by atoms with Crippen molar-refractivity contribution in [2.24, 2.45) is 0 Å². The van der Waals surface area contributed by atoms with Gasteiger partial charge in [0.15, 0.2) is 0 Å². The highest BCUT2D eigenvalue weighted by Crippen LogP contribution is 2.15. The summed E-state index contributed by atoms with van der Waals surface area (Å²) in [5.41, 5.74) is 1.04. The zero-order valence-electron chi connectivity index (χ0n) is 12.3. The van der Waals surface area contributed by atoms with Crippen LogP contribution in [0.1, 0.15) is 25.3 Å². The average molecular weight is 310 g/mol. The minimum atomic E-state index is -3.21. The van der Waals surface area contributed by atoms with E-state index < -0.39 is 10.0 Å². The van der Waals surface area contributed by atoms with Gasteiger partial charge in [0.05, 0.1) is 5.75 Å². The summed E-state index contributed by atoms with van der Waals surface area (Å²) in [6.07, 6.45) is 1.91. The number of nitrogens with zero attached hydrogens (tertiary/aromatic N) is 1. The molecule has 116 valence electrons. The van der Waals surface area contributed by atoms with E-state index in [2.05, 4.69) is 5.32 Å². The molecule has 1 fully saturated rings. The maximum absolute atomic E-state index is 12.3. The van der Waals surface area contributed by atoms with E-state index in [0.29, 0.717) is 32.4 Å². The number of aryl methyl sites for hydroxylation is 1. The molecule has 5 nitrogen and oxygen atoms in total. The zero-order chi connectivity index (χ0) is 15.3. The Hall–Kier alpha value is -1.40. The molecule has 1 saturated heterocycles. The monoisotopic (exact) mass is 310 g/mol. The number of sulfonamides is 1. The van der Waals surface area contributed by atoms with Crippen LogP contribution in [0.2, 0.25) is 0 Å². The lowest BCUT2D eigenvalue weighted by Gasteiger charge is -2.31. The number of nitrogens with one attached hydrogen (secondary N) is 1. The topological polar surface area (TPSA) is 66.5 Å². The molecular weight excluding hydrogens is 288 g/mol. The molecule has 0 aromatic heterocycles. The van der Waals surface area contributed by atoms with Gasteiger partial charge in [0, 0.05) is 26.1 Å². The first-order valence-electron chi connectivity index (χ1n) is 7.26. The summed E-state index contributed by atoms with van der Waals surface area (Å²) >= 11 is 0. The van der Waals surface area contributed by atoms with Gasteiger partial charge in [0.2, 0.25) is 15.9 Å². The van der Waals surface area contributed by atoms with Crippen molar-refractivity contribution in [1.82, 2.24) is 9.62 Å². The molecule has 1 aromatic carbocycles. The van der Waals surface area contributed by atoms with E-state index in [1.165, 1.54) is 6.92 Å². The predicted octanol–water partition coefficient (Wildman–Crippen LogP) is 1.16. The molecule has 0 atom stereocenters. The van der Waals surface area contributed by atoms with Gasteiger partial charge in [-0.2, -0.15) is 0 Å². The van der Waals surface area contributed by atoms with Crippen molar-refractivity contribution in [3.8, 4) is 0 Å². The Morgan fingerprint density at radius 1 is 1.24 bits per heavy atom. The van der Waals surface area contributed by atoms with Crippen molar-refractivity contribution >= 4 is 15.9 Å². The molecule has 1 heterocycles. The van der Waals surface area contributed by atoms with Gasteiger partial charge in [0.25, 0.3) is 0 Å². The lowest BCUT2D eigenvalue weighted by atomic mass is 10.1. The predicted molar refractivity (Wildman–Crippen MR) is 82.3 cm³/mol. The van der Waals surface area contributed by atoms with Gasteiger partial charge in [0.1, 0.15) is 0 Å². The second-order valence-corrected chi connectivity index (χ2v) is 7.51. The molecule has 1 aliphatic rings. The number of carbonyl (C=O) groups excluding carboxylic acids is 1. The molecule has 0 spiro atoms. The van der Waals surface area contributed by atoms with E-state index in [-0.39, 0.29) is 17.7 Å². The van der Waals surface area contributed by atoms with Crippen LogP contribution in [0.5, 0.6) is 0 Å². The molecule has 6 heteroatoms. The van der Waals surface area contributed by atoms with Crippen molar-refractivity contribution in [3.05, 3.63) is 35.9 Å². The molecule has 21 heavy (non-hydrogen) atoms. The number of hydrogen-bond donors (Lipinski definition) is 1. The first kappa shape index (κ1) is 16.0. The summed E-state index contributed by atoms with van der Waals surface area (Å²) in [6, 6.07) is 9.74. The maximum Gasteiger partial charge on any atom is 0.217 e. The standard InChI is InChI=1S/C15H22N2O3S/c1-13(18)16-15-7-10-17(11-8-15)21(19,20)12-9-14-5-3-2-4-6-14/h2-6,15H,7-12H2,1H3,(H,16,18). The SMILES string of the molecule is CC(=O)NC1CCN(S(=O)(=O)CCc2ccccc2)CC1. The Kier molecular flexibility index (Phi) is 5.36. The summed E-state index contributed by atoms with van der Waals surface area (Å²) < 4.78 is 26.2. The number of benzene rings is 1. The second kappa shape index (κ2) is 7.04. The van der Waals surface area contributed by atoms with Gasteiger partial charge in [-0.3, -0.25) is 4.79 Å². The third kappa shape index (κ3) is 4.82. The van der Waals surface area contributed by atoms with Gasteiger partial charge < -0.3 is 5.32 Å². The minimum absolute atomic E-state index is 0.0552. The first-order chi connectivity index (χ1) is 9.97. The van der Waals surface area contributed by atoms with Crippen molar-refractivity contribution in [2.45, 2.75) is 32.2 Å². The lowest BCUT2D eigenvalue weighted by molar-refractivity contribution is -0.119. The van der Waals surface area contributed by atoms with Crippen LogP contribution in [-0.4, -0.2) is 43.5 Å². The molecular formula is C15H22N2O3S. The van der Waals surface area contributed by atoms with Crippen molar-refractivity contribution in [3.63, 3.8) is 0 Å². The van der Waals surface area contributed by atoms with Gasteiger partial charge in [-0.25, -0.2) is 12.7 Å². The van der Waals surface area contributed by atoms with Crippen LogP contribution in [0.15, 0.2) is 30.3 Å². The summed E-state index contributed by atoms with van der Waals surface area (Å²) in [4.78, 5) is 11.0. The Morgan fingerprint density at radius 2 is 1.86 bits per heavy atom. The van der Waals surface area contributed by atoms with E-state index >= 15 is 0 Å². The summed E-state index contributed by atoms with van der Waals surface area (Å²) in [5, 5.41) is 2.85. The number of amides is 1. The van der Waals surface area contributed by atoms with E-state index in [0.717, 1.165) is 5.56 Å². The van der Waals surface area contributed by atoms with E-state index in [9.17, 15) is 13.2 Å². The fourth-order valence-corrected chi connectivity index (χ4v) is 4.11. The van der Waals surface area contributed by atoms with Crippen LogP contribution in [-0.2, 0) is 21.2 Å². The Bertz CT molecular complexity index is 564. The first-order valence-corrected chi connectivity index (χ1v) is 8.87. The van der Waals surface area contributed by atoms with Crippen LogP contribution in [0.3, 0.4) is 0 Å². The third-order valence-electron chi connectivity index (χ3n) is 3.75. The lowest BCUT2D eigenvalue weighted by Crippen LogP contribution is -2.46. The molecule has 1 amide bonds. The fraction of sp³-hybridized carbons (Fsp3) is 0.533. The van der Waals surface area contributed by atoms with Gasteiger partial charge >= 0.3 is 0 Å². The minimum Gasteiger partial charge on any atom is -0.354 e. The van der Waals surface area contributed by atoms with E-state index in [4.69, 9.17) is 0 Å². The zero-order valence-corrected chi connectivity index (χ0v) is 13.1. The largest absolute Gasteiger partial charge is 0.354 e. The Labute approximate surface area is 126 Å². The molecule has 0 bridgehead atoms.